The first kappa shape index (κ1) is 24.9. The van der Waals surface area contributed by atoms with E-state index in [1.807, 2.05) is 17.0 Å². The standard InChI is InChI=1S/C28H34N2O5/c1-20-8-6-9-21(16-20)22-10-7-13-29(19-22)25(31)17-28(23-11-4-5-12-24(23)35-3)18-26(32)30(27(28)33)14-15-34-2/h4-6,8-9,11-12,16,22H,7,10,13-15,17-19H2,1-3H3/t22-,28+/m0/s1. The number of carbonyl (C=O) groups is 3. The number of nitrogens with zero attached hydrogens (tertiary/aromatic N) is 2. The van der Waals surface area contributed by atoms with E-state index >= 15 is 0 Å². The van der Waals surface area contributed by atoms with E-state index in [1.54, 1.807) is 12.1 Å². The van der Waals surface area contributed by atoms with Gasteiger partial charge in [-0.1, -0.05) is 48.0 Å². The highest BCUT2D eigenvalue weighted by molar-refractivity contribution is 6.11. The van der Waals surface area contributed by atoms with Crippen molar-refractivity contribution in [1.29, 1.82) is 0 Å². The van der Waals surface area contributed by atoms with E-state index in [4.69, 9.17) is 9.47 Å². The maximum Gasteiger partial charge on any atom is 0.241 e. The quantitative estimate of drug-likeness (QED) is 0.544. The molecule has 0 spiro atoms. The lowest BCUT2D eigenvalue weighted by Crippen LogP contribution is -2.46. The van der Waals surface area contributed by atoms with E-state index in [1.165, 1.54) is 30.2 Å². The largest absolute Gasteiger partial charge is 0.496 e. The van der Waals surface area contributed by atoms with E-state index in [0.29, 0.717) is 24.4 Å². The summed E-state index contributed by atoms with van der Waals surface area (Å²) >= 11 is 0. The smallest absolute Gasteiger partial charge is 0.241 e. The van der Waals surface area contributed by atoms with E-state index in [0.717, 1.165) is 12.8 Å². The van der Waals surface area contributed by atoms with Gasteiger partial charge in [-0.3, -0.25) is 19.3 Å². The fourth-order valence-electron chi connectivity index (χ4n) is 5.46. The summed E-state index contributed by atoms with van der Waals surface area (Å²) in [5.41, 5.74) is 1.73. The van der Waals surface area contributed by atoms with E-state index in [9.17, 15) is 14.4 Å². The van der Waals surface area contributed by atoms with Gasteiger partial charge >= 0.3 is 0 Å². The number of piperidine rings is 1. The second-order valence-electron chi connectivity index (χ2n) is 9.57. The third kappa shape index (κ3) is 4.96. The number of methoxy groups -OCH3 is 2. The van der Waals surface area contributed by atoms with Crippen molar-refractivity contribution in [3.63, 3.8) is 0 Å². The average Bonchev–Trinajstić information content (AvgIpc) is 3.11. The van der Waals surface area contributed by atoms with Gasteiger partial charge in [-0.15, -0.1) is 0 Å². The first-order valence-corrected chi connectivity index (χ1v) is 12.2. The highest BCUT2D eigenvalue weighted by atomic mass is 16.5. The molecule has 3 amide bonds. The molecule has 2 aromatic carbocycles. The molecule has 2 aliphatic rings. The SMILES string of the molecule is COCCN1C(=O)C[C@](CC(=O)N2CCC[C@H](c3cccc(C)c3)C2)(c2ccccc2OC)C1=O. The van der Waals surface area contributed by atoms with Crippen LogP contribution in [0.5, 0.6) is 5.75 Å². The molecule has 0 aliphatic carbocycles. The minimum absolute atomic E-state index is 0.0587. The third-order valence-corrected chi connectivity index (χ3v) is 7.29. The molecule has 2 atom stereocenters. The molecule has 0 unspecified atom stereocenters. The van der Waals surface area contributed by atoms with E-state index in [2.05, 4.69) is 31.2 Å². The van der Waals surface area contributed by atoms with Crippen LogP contribution in [-0.4, -0.2) is 68.0 Å². The number of para-hydroxylation sites is 1. The van der Waals surface area contributed by atoms with Gasteiger partial charge < -0.3 is 14.4 Å². The number of amides is 3. The summed E-state index contributed by atoms with van der Waals surface area (Å²) in [7, 11) is 3.07. The predicted octanol–water partition coefficient (Wildman–Crippen LogP) is 3.44. The summed E-state index contributed by atoms with van der Waals surface area (Å²) < 4.78 is 10.7. The molecule has 0 bridgehead atoms. The van der Waals surface area contributed by atoms with Crippen LogP contribution >= 0.6 is 0 Å². The van der Waals surface area contributed by atoms with Gasteiger partial charge in [-0.05, 0) is 31.4 Å². The normalized spacial score (nSPS) is 22.5. The first-order chi connectivity index (χ1) is 16.9. The van der Waals surface area contributed by atoms with Gasteiger partial charge in [0.2, 0.25) is 17.7 Å². The Morgan fingerprint density at radius 3 is 2.66 bits per heavy atom. The molecule has 186 valence electrons. The zero-order valence-electron chi connectivity index (χ0n) is 20.8. The Balaban J connectivity index is 1.63. The molecule has 0 N–H and O–H groups in total. The topological polar surface area (TPSA) is 76.2 Å². The number of rotatable bonds is 8. The summed E-state index contributed by atoms with van der Waals surface area (Å²) in [6.07, 6.45) is 1.80. The van der Waals surface area contributed by atoms with Gasteiger partial charge in [0.1, 0.15) is 5.75 Å². The van der Waals surface area contributed by atoms with Crippen LogP contribution in [0.1, 0.15) is 48.3 Å². The van der Waals surface area contributed by atoms with Crippen LogP contribution in [-0.2, 0) is 24.5 Å². The summed E-state index contributed by atoms with van der Waals surface area (Å²) in [5.74, 6) is 0.00919. The minimum Gasteiger partial charge on any atom is -0.496 e. The summed E-state index contributed by atoms with van der Waals surface area (Å²) in [4.78, 5) is 43.6. The minimum atomic E-state index is -1.29. The van der Waals surface area contributed by atoms with Crippen molar-refractivity contribution in [3.05, 3.63) is 65.2 Å². The van der Waals surface area contributed by atoms with Crippen molar-refractivity contribution in [2.75, 3.05) is 40.5 Å². The number of hydrogen-bond donors (Lipinski definition) is 0. The maximum atomic E-state index is 13.8. The molecular weight excluding hydrogens is 444 g/mol. The third-order valence-electron chi connectivity index (χ3n) is 7.29. The lowest BCUT2D eigenvalue weighted by Gasteiger charge is -2.36. The van der Waals surface area contributed by atoms with Crippen LogP contribution in [0.25, 0.3) is 0 Å². The van der Waals surface area contributed by atoms with E-state index < -0.39 is 5.41 Å². The average molecular weight is 479 g/mol. The van der Waals surface area contributed by atoms with Crippen molar-refractivity contribution in [1.82, 2.24) is 9.80 Å². The molecule has 2 fully saturated rings. The lowest BCUT2D eigenvalue weighted by molar-refractivity contribution is -0.143. The van der Waals surface area contributed by atoms with Gasteiger partial charge in [0.15, 0.2) is 0 Å². The Morgan fingerprint density at radius 1 is 1.11 bits per heavy atom. The molecule has 2 aromatic rings. The fourth-order valence-corrected chi connectivity index (χ4v) is 5.46. The van der Waals surface area contributed by atoms with Crippen molar-refractivity contribution in [2.45, 2.75) is 43.9 Å². The molecule has 7 heteroatoms. The number of aryl methyl sites for hydroxylation is 1. The molecule has 7 nitrogen and oxygen atoms in total. The number of ether oxygens (including phenoxy) is 2. The van der Waals surface area contributed by atoms with Crippen LogP contribution in [0.3, 0.4) is 0 Å². The monoisotopic (exact) mass is 478 g/mol. The molecular formula is C28H34N2O5. The number of carbonyl (C=O) groups excluding carboxylic acids is 3. The van der Waals surface area contributed by atoms with Crippen molar-refractivity contribution in [3.8, 4) is 5.75 Å². The van der Waals surface area contributed by atoms with Crippen LogP contribution in [0.2, 0.25) is 0 Å². The Morgan fingerprint density at radius 2 is 1.91 bits per heavy atom. The second-order valence-corrected chi connectivity index (χ2v) is 9.57. The Bertz CT molecular complexity index is 1100. The summed E-state index contributed by atoms with van der Waals surface area (Å²) in [6, 6.07) is 15.6. The Labute approximate surface area is 207 Å². The number of hydrogen-bond acceptors (Lipinski definition) is 5. The predicted molar refractivity (Wildman–Crippen MR) is 132 cm³/mol. The molecule has 0 saturated carbocycles. The number of imide groups is 1. The Hall–Kier alpha value is -3.19. The Kier molecular flexibility index (Phi) is 7.55. The van der Waals surface area contributed by atoms with Gasteiger partial charge in [-0.25, -0.2) is 0 Å². The van der Waals surface area contributed by atoms with Gasteiger partial charge in [-0.2, -0.15) is 0 Å². The van der Waals surface area contributed by atoms with Crippen LogP contribution in [0, 0.1) is 6.92 Å². The molecule has 0 aromatic heterocycles. The molecule has 35 heavy (non-hydrogen) atoms. The van der Waals surface area contributed by atoms with Crippen molar-refractivity contribution in [2.24, 2.45) is 0 Å². The van der Waals surface area contributed by atoms with Crippen molar-refractivity contribution < 1.29 is 23.9 Å². The van der Waals surface area contributed by atoms with Gasteiger partial charge in [0.25, 0.3) is 0 Å². The lowest BCUT2D eigenvalue weighted by atomic mass is 9.75. The molecule has 2 aliphatic heterocycles. The van der Waals surface area contributed by atoms with Crippen LogP contribution in [0.4, 0.5) is 0 Å². The number of likely N-dealkylation sites (tertiary alicyclic amines) is 2. The van der Waals surface area contributed by atoms with Gasteiger partial charge in [0, 0.05) is 44.5 Å². The number of benzene rings is 2. The second kappa shape index (κ2) is 10.6. The van der Waals surface area contributed by atoms with Gasteiger partial charge in [0.05, 0.1) is 25.7 Å². The van der Waals surface area contributed by atoms with Crippen molar-refractivity contribution >= 4 is 17.7 Å². The molecule has 2 saturated heterocycles. The maximum absolute atomic E-state index is 13.8. The highest BCUT2D eigenvalue weighted by Gasteiger charge is 2.55. The fraction of sp³-hybridized carbons (Fsp3) is 0.464. The zero-order chi connectivity index (χ0) is 25.0. The zero-order valence-corrected chi connectivity index (χ0v) is 20.8. The summed E-state index contributed by atoms with van der Waals surface area (Å²) in [6.45, 7) is 3.75. The highest BCUT2D eigenvalue weighted by Crippen LogP contribution is 2.44. The molecule has 4 rings (SSSR count). The van der Waals surface area contributed by atoms with E-state index in [-0.39, 0.29) is 49.6 Å². The molecule has 0 radical (unpaired) electrons. The van der Waals surface area contributed by atoms with Crippen LogP contribution < -0.4 is 4.74 Å². The summed E-state index contributed by atoms with van der Waals surface area (Å²) in [5, 5.41) is 0. The van der Waals surface area contributed by atoms with Crippen LogP contribution in [0.15, 0.2) is 48.5 Å². The first-order valence-electron chi connectivity index (χ1n) is 12.2. The molecule has 2 heterocycles.